The largest absolute Gasteiger partial charge is 0.331 e. The summed E-state index contributed by atoms with van der Waals surface area (Å²) in [4.78, 5) is 32.3. The van der Waals surface area contributed by atoms with Gasteiger partial charge >= 0.3 is 6.03 Å². The average Bonchev–Trinajstić information content (AvgIpc) is 2.96. The van der Waals surface area contributed by atoms with Gasteiger partial charge in [0.25, 0.3) is 0 Å². The number of rotatable bonds is 2. The lowest BCUT2D eigenvalue weighted by Crippen LogP contribution is -2.47. The van der Waals surface area contributed by atoms with Gasteiger partial charge in [0.15, 0.2) is 5.13 Å². The van der Waals surface area contributed by atoms with Gasteiger partial charge in [0.1, 0.15) is 0 Å². The van der Waals surface area contributed by atoms with Crippen LogP contribution in [-0.2, 0) is 4.79 Å². The highest BCUT2D eigenvalue weighted by molar-refractivity contribution is 7.22. The molecule has 2 heterocycles. The van der Waals surface area contributed by atoms with Gasteiger partial charge in [0, 0.05) is 27.2 Å². The molecule has 3 rings (SSSR count). The molecule has 7 heteroatoms. The van der Waals surface area contributed by atoms with Crippen molar-refractivity contribution in [3.8, 4) is 0 Å². The smallest absolute Gasteiger partial charge is 0.319 e. The van der Waals surface area contributed by atoms with Crippen molar-refractivity contribution in [2.45, 2.75) is 12.8 Å². The van der Waals surface area contributed by atoms with E-state index in [1.807, 2.05) is 24.3 Å². The molecule has 1 fully saturated rings. The Morgan fingerprint density at radius 1 is 1.35 bits per heavy atom. The molecule has 0 saturated carbocycles. The molecular formula is C16H20N4O2S. The first-order chi connectivity index (χ1) is 11.0. The number of anilines is 1. The minimum absolute atomic E-state index is 0.0394. The molecule has 0 bridgehead atoms. The summed E-state index contributed by atoms with van der Waals surface area (Å²) in [5.74, 6) is -0.236. The molecule has 6 nitrogen and oxygen atoms in total. The van der Waals surface area contributed by atoms with Crippen LogP contribution in [0.2, 0.25) is 0 Å². The maximum Gasteiger partial charge on any atom is 0.319 e. The molecule has 0 spiro atoms. The third-order valence-electron chi connectivity index (χ3n) is 3.97. The molecule has 1 aliphatic rings. The molecule has 0 radical (unpaired) electrons. The summed E-state index contributed by atoms with van der Waals surface area (Å²) in [5, 5.41) is 3.52. The van der Waals surface area contributed by atoms with Crippen LogP contribution in [0, 0.1) is 5.92 Å². The van der Waals surface area contributed by atoms with E-state index in [-0.39, 0.29) is 17.9 Å². The van der Waals surface area contributed by atoms with Gasteiger partial charge in [-0.1, -0.05) is 23.5 Å². The Labute approximate surface area is 139 Å². The Hall–Kier alpha value is -2.15. The van der Waals surface area contributed by atoms with Gasteiger partial charge in [0.05, 0.1) is 16.1 Å². The van der Waals surface area contributed by atoms with E-state index in [9.17, 15) is 9.59 Å². The zero-order chi connectivity index (χ0) is 16.4. The summed E-state index contributed by atoms with van der Waals surface area (Å²) in [6.07, 6.45) is 1.64. The van der Waals surface area contributed by atoms with Crippen LogP contribution in [0.4, 0.5) is 9.93 Å². The highest BCUT2D eigenvalue weighted by Crippen LogP contribution is 2.26. The topological polar surface area (TPSA) is 65.5 Å². The van der Waals surface area contributed by atoms with Crippen molar-refractivity contribution in [2.75, 3.05) is 32.5 Å². The van der Waals surface area contributed by atoms with Crippen LogP contribution < -0.4 is 5.32 Å². The molecule has 2 aromatic rings. The second-order valence-electron chi connectivity index (χ2n) is 5.94. The maximum absolute atomic E-state index is 12.5. The molecule has 1 aromatic carbocycles. The predicted octanol–water partition coefficient (Wildman–Crippen LogP) is 2.63. The first-order valence-electron chi connectivity index (χ1n) is 7.67. The van der Waals surface area contributed by atoms with Crippen molar-refractivity contribution < 1.29 is 9.59 Å². The molecule has 1 N–H and O–H groups in total. The van der Waals surface area contributed by atoms with Gasteiger partial charge in [-0.15, -0.1) is 0 Å². The quantitative estimate of drug-likeness (QED) is 0.919. The highest BCUT2D eigenvalue weighted by atomic mass is 32.1. The van der Waals surface area contributed by atoms with E-state index in [2.05, 4.69) is 10.3 Å². The second kappa shape index (κ2) is 6.54. The molecule has 23 heavy (non-hydrogen) atoms. The molecule has 0 aliphatic carbocycles. The van der Waals surface area contributed by atoms with Gasteiger partial charge in [-0.25, -0.2) is 9.78 Å². The van der Waals surface area contributed by atoms with E-state index in [4.69, 9.17) is 0 Å². The number of hydrogen-bond acceptors (Lipinski definition) is 4. The zero-order valence-corrected chi connectivity index (χ0v) is 14.1. The van der Waals surface area contributed by atoms with Crippen LogP contribution in [0.25, 0.3) is 10.2 Å². The Bertz CT molecular complexity index is 695. The number of nitrogens with one attached hydrogen (secondary N) is 1. The summed E-state index contributed by atoms with van der Waals surface area (Å²) < 4.78 is 1.05. The number of aromatic nitrogens is 1. The lowest BCUT2D eigenvalue weighted by molar-refractivity contribution is -0.121. The van der Waals surface area contributed by atoms with Gasteiger partial charge in [0.2, 0.25) is 5.91 Å². The third-order valence-corrected chi connectivity index (χ3v) is 4.92. The van der Waals surface area contributed by atoms with Crippen molar-refractivity contribution in [1.82, 2.24) is 14.8 Å². The van der Waals surface area contributed by atoms with Crippen LogP contribution in [0.15, 0.2) is 24.3 Å². The Kier molecular flexibility index (Phi) is 4.47. The number of benzene rings is 1. The Balaban J connectivity index is 1.66. The molecule has 1 aliphatic heterocycles. The number of thiazole rings is 1. The predicted molar refractivity (Wildman–Crippen MR) is 91.6 cm³/mol. The first kappa shape index (κ1) is 15.7. The molecule has 1 saturated heterocycles. The van der Waals surface area contributed by atoms with E-state index in [1.165, 1.54) is 11.3 Å². The number of urea groups is 1. The van der Waals surface area contributed by atoms with E-state index >= 15 is 0 Å². The molecule has 3 amide bonds. The number of piperidine rings is 1. The SMILES string of the molecule is CN(C)C(=O)N1CCC[C@H](C(=O)Nc2nc3ccccc3s2)C1. The molecule has 122 valence electrons. The van der Waals surface area contributed by atoms with Crippen LogP contribution in [0.5, 0.6) is 0 Å². The van der Waals surface area contributed by atoms with Crippen molar-refractivity contribution in [3.05, 3.63) is 24.3 Å². The van der Waals surface area contributed by atoms with Crippen molar-refractivity contribution >= 4 is 38.6 Å². The number of carbonyl (C=O) groups excluding carboxylic acids is 2. The summed E-state index contributed by atoms with van der Waals surface area (Å²) in [7, 11) is 3.46. The highest BCUT2D eigenvalue weighted by Gasteiger charge is 2.29. The molecule has 0 unspecified atom stereocenters. The monoisotopic (exact) mass is 332 g/mol. The summed E-state index contributed by atoms with van der Waals surface area (Å²) in [6.45, 7) is 1.18. The number of hydrogen-bond donors (Lipinski definition) is 1. The van der Waals surface area contributed by atoms with Crippen LogP contribution in [0.3, 0.4) is 0 Å². The number of nitrogens with zero attached hydrogens (tertiary/aromatic N) is 3. The van der Waals surface area contributed by atoms with Crippen molar-refractivity contribution in [1.29, 1.82) is 0 Å². The summed E-state index contributed by atoms with van der Waals surface area (Å²) in [6, 6.07) is 7.76. The average molecular weight is 332 g/mol. The molecular weight excluding hydrogens is 312 g/mol. The Morgan fingerprint density at radius 2 is 2.13 bits per heavy atom. The van der Waals surface area contributed by atoms with Gasteiger partial charge in [-0.3, -0.25) is 4.79 Å². The number of amides is 3. The Morgan fingerprint density at radius 3 is 2.87 bits per heavy atom. The standard InChI is InChI=1S/C16H20N4O2S/c1-19(2)16(22)20-9-5-6-11(10-20)14(21)18-15-17-12-7-3-4-8-13(12)23-15/h3-4,7-8,11H,5-6,9-10H2,1-2H3,(H,17,18,21)/t11-/m0/s1. The number of carbonyl (C=O) groups is 2. The minimum atomic E-state index is -0.181. The number of fused-ring (bicyclic) bond motifs is 1. The van der Waals surface area contributed by atoms with Crippen molar-refractivity contribution in [3.63, 3.8) is 0 Å². The van der Waals surface area contributed by atoms with E-state index < -0.39 is 0 Å². The number of likely N-dealkylation sites (tertiary alicyclic amines) is 1. The van der Waals surface area contributed by atoms with E-state index in [0.29, 0.717) is 18.2 Å². The normalized spacial score (nSPS) is 18.0. The van der Waals surface area contributed by atoms with Gasteiger partial charge < -0.3 is 15.1 Å². The van der Waals surface area contributed by atoms with Crippen LogP contribution >= 0.6 is 11.3 Å². The van der Waals surface area contributed by atoms with Crippen LogP contribution in [-0.4, -0.2) is 53.9 Å². The summed E-state index contributed by atoms with van der Waals surface area (Å²) >= 11 is 1.47. The zero-order valence-electron chi connectivity index (χ0n) is 13.3. The second-order valence-corrected chi connectivity index (χ2v) is 6.97. The minimum Gasteiger partial charge on any atom is -0.331 e. The first-order valence-corrected chi connectivity index (χ1v) is 8.49. The fourth-order valence-corrected chi connectivity index (χ4v) is 3.65. The van der Waals surface area contributed by atoms with Gasteiger partial charge in [-0.2, -0.15) is 0 Å². The lowest BCUT2D eigenvalue weighted by atomic mass is 9.97. The van der Waals surface area contributed by atoms with E-state index in [0.717, 1.165) is 23.1 Å². The van der Waals surface area contributed by atoms with Crippen molar-refractivity contribution in [2.24, 2.45) is 5.92 Å². The fourth-order valence-electron chi connectivity index (χ4n) is 2.78. The maximum atomic E-state index is 12.5. The summed E-state index contributed by atoms with van der Waals surface area (Å²) in [5.41, 5.74) is 0.890. The van der Waals surface area contributed by atoms with Crippen LogP contribution in [0.1, 0.15) is 12.8 Å². The fraction of sp³-hybridized carbons (Fsp3) is 0.438. The van der Waals surface area contributed by atoms with Gasteiger partial charge in [-0.05, 0) is 25.0 Å². The molecule has 1 atom stereocenters. The molecule has 1 aromatic heterocycles. The lowest BCUT2D eigenvalue weighted by Gasteiger charge is -2.33. The third kappa shape index (κ3) is 3.44. The van der Waals surface area contributed by atoms with E-state index in [1.54, 1.807) is 23.9 Å². The number of para-hydroxylation sites is 1.